The van der Waals surface area contributed by atoms with Crippen LogP contribution < -0.4 is 10.6 Å². The van der Waals surface area contributed by atoms with Crippen LogP contribution in [0.1, 0.15) is 28.4 Å². The first-order valence-electron chi connectivity index (χ1n) is 7.87. The van der Waals surface area contributed by atoms with Gasteiger partial charge in [-0.3, -0.25) is 4.79 Å². The summed E-state index contributed by atoms with van der Waals surface area (Å²) in [6.45, 7) is 6.24. The molecule has 5 heteroatoms. The third kappa shape index (κ3) is 5.12. The molecule has 0 aliphatic rings. The molecule has 2 aromatic carbocycles. The van der Waals surface area contributed by atoms with Crippen LogP contribution in [0.15, 0.2) is 42.5 Å². The average Bonchev–Trinajstić information content (AvgIpc) is 2.52. The normalized spacial score (nSPS) is 10.1. The van der Waals surface area contributed by atoms with Crippen LogP contribution in [0.25, 0.3) is 0 Å². The summed E-state index contributed by atoms with van der Waals surface area (Å²) < 4.78 is 4.93. The van der Waals surface area contributed by atoms with Gasteiger partial charge in [0.15, 0.2) is 0 Å². The third-order valence-corrected chi connectivity index (χ3v) is 3.35. The Bertz CT molecular complexity index is 704. The second kappa shape index (κ2) is 8.15. The average molecular weight is 326 g/mol. The highest BCUT2D eigenvalue weighted by Gasteiger charge is 2.07. The maximum Gasteiger partial charge on any atom is 0.338 e. The molecule has 0 unspecified atom stereocenters. The van der Waals surface area contributed by atoms with Gasteiger partial charge in [0.05, 0.1) is 18.7 Å². The largest absolute Gasteiger partial charge is 0.462 e. The monoisotopic (exact) mass is 326 g/mol. The van der Waals surface area contributed by atoms with E-state index in [4.69, 9.17) is 4.74 Å². The van der Waals surface area contributed by atoms with Crippen LogP contribution in [-0.4, -0.2) is 25.0 Å². The van der Waals surface area contributed by atoms with Crippen LogP contribution in [0.5, 0.6) is 0 Å². The first kappa shape index (κ1) is 17.5. The molecule has 5 nitrogen and oxygen atoms in total. The van der Waals surface area contributed by atoms with Crippen LogP contribution in [0.2, 0.25) is 0 Å². The van der Waals surface area contributed by atoms with E-state index >= 15 is 0 Å². The molecule has 0 aliphatic heterocycles. The lowest BCUT2D eigenvalue weighted by atomic mass is 10.1. The van der Waals surface area contributed by atoms with Gasteiger partial charge in [-0.25, -0.2) is 4.79 Å². The number of nitrogens with one attached hydrogen (secondary N) is 2. The Kier molecular flexibility index (Phi) is 5.95. The Morgan fingerprint density at radius 3 is 2.17 bits per heavy atom. The molecule has 126 valence electrons. The van der Waals surface area contributed by atoms with Crippen molar-refractivity contribution in [2.45, 2.75) is 20.8 Å². The summed E-state index contributed by atoms with van der Waals surface area (Å²) in [6.07, 6.45) is 0. The minimum absolute atomic E-state index is 0.130. The van der Waals surface area contributed by atoms with E-state index in [1.807, 2.05) is 26.0 Å². The standard InChI is InChI=1S/C19H22N2O3/c1-4-24-19(23)15-5-7-16(8-6-15)20-12-18(22)21-17-10-13(2)9-14(3)11-17/h5-11,20H,4,12H2,1-3H3,(H,21,22). The molecule has 0 aromatic heterocycles. The second-order valence-electron chi connectivity index (χ2n) is 5.58. The molecule has 0 saturated carbocycles. The summed E-state index contributed by atoms with van der Waals surface area (Å²) in [5.41, 5.74) is 4.25. The van der Waals surface area contributed by atoms with Gasteiger partial charge in [0.2, 0.25) is 5.91 Å². The number of ether oxygens (including phenoxy) is 1. The van der Waals surface area contributed by atoms with E-state index in [-0.39, 0.29) is 18.4 Å². The Hall–Kier alpha value is -2.82. The highest BCUT2D eigenvalue weighted by molar-refractivity contribution is 5.94. The van der Waals surface area contributed by atoms with E-state index in [2.05, 4.69) is 16.7 Å². The second-order valence-corrected chi connectivity index (χ2v) is 5.58. The summed E-state index contributed by atoms with van der Waals surface area (Å²) in [5.74, 6) is -0.480. The molecule has 1 amide bonds. The quantitative estimate of drug-likeness (QED) is 0.797. The fourth-order valence-corrected chi connectivity index (χ4v) is 2.37. The third-order valence-electron chi connectivity index (χ3n) is 3.35. The zero-order valence-corrected chi connectivity index (χ0v) is 14.2. The lowest BCUT2D eigenvalue weighted by Gasteiger charge is -2.10. The highest BCUT2D eigenvalue weighted by Crippen LogP contribution is 2.14. The molecule has 0 radical (unpaired) electrons. The molecule has 0 atom stereocenters. The van der Waals surface area contributed by atoms with Crippen molar-refractivity contribution >= 4 is 23.3 Å². The fraction of sp³-hybridized carbons (Fsp3) is 0.263. The summed E-state index contributed by atoms with van der Waals surface area (Å²) in [7, 11) is 0. The van der Waals surface area contributed by atoms with Gasteiger partial charge in [-0.15, -0.1) is 0 Å². The van der Waals surface area contributed by atoms with Gasteiger partial charge in [-0.2, -0.15) is 0 Å². The summed E-state index contributed by atoms with van der Waals surface area (Å²) in [6, 6.07) is 12.7. The number of hydrogen-bond acceptors (Lipinski definition) is 4. The maximum absolute atomic E-state index is 12.0. The lowest BCUT2D eigenvalue weighted by molar-refractivity contribution is -0.114. The van der Waals surface area contributed by atoms with Crippen molar-refractivity contribution in [1.82, 2.24) is 0 Å². The smallest absolute Gasteiger partial charge is 0.338 e. The van der Waals surface area contributed by atoms with Gasteiger partial charge >= 0.3 is 5.97 Å². The topological polar surface area (TPSA) is 67.4 Å². The van der Waals surface area contributed by atoms with Gasteiger partial charge in [0, 0.05) is 11.4 Å². The van der Waals surface area contributed by atoms with Gasteiger partial charge in [0.1, 0.15) is 0 Å². The summed E-state index contributed by atoms with van der Waals surface area (Å²) >= 11 is 0. The Morgan fingerprint density at radius 1 is 0.958 bits per heavy atom. The minimum atomic E-state index is -0.350. The predicted molar refractivity (Wildman–Crippen MR) is 95.4 cm³/mol. The molecule has 0 spiro atoms. The van der Waals surface area contributed by atoms with E-state index < -0.39 is 0 Å². The van der Waals surface area contributed by atoms with E-state index in [1.165, 1.54) is 0 Å². The van der Waals surface area contributed by atoms with Gasteiger partial charge in [-0.1, -0.05) is 6.07 Å². The van der Waals surface area contributed by atoms with Crippen LogP contribution in [0.3, 0.4) is 0 Å². The van der Waals surface area contributed by atoms with E-state index in [0.29, 0.717) is 12.2 Å². The first-order chi connectivity index (χ1) is 11.5. The minimum Gasteiger partial charge on any atom is -0.462 e. The van der Waals surface area contributed by atoms with E-state index in [1.54, 1.807) is 31.2 Å². The van der Waals surface area contributed by atoms with Gasteiger partial charge in [-0.05, 0) is 68.3 Å². The fourth-order valence-electron chi connectivity index (χ4n) is 2.37. The predicted octanol–water partition coefficient (Wildman–Crippen LogP) is 3.53. The zero-order chi connectivity index (χ0) is 17.5. The number of carbonyl (C=O) groups is 2. The van der Waals surface area contributed by atoms with Crippen molar-refractivity contribution < 1.29 is 14.3 Å². The van der Waals surface area contributed by atoms with Gasteiger partial charge < -0.3 is 15.4 Å². The molecule has 2 rings (SSSR count). The molecule has 24 heavy (non-hydrogen) atoms. The maximum atomic E-state index is 12.0. The molecule has 2 aromatic rings. The molecule has 2 N–H and O–H groups in total. The molecule has 0 bridgehead atoms. The van der Waals surface area contributed by atoms with E-state index in [0.717, 1.165) is 22.5 Å². The lowest BCUT2D eigenvalue weighted by Crippen LogP contribution is -2.21. The molecule has 0 fully saturated rings. The Morgan fingerprint density at radius 2 is 1.58 bits per heavy atom. The van der Waals surface area contributed by atoms with Gasteiger partial charge in [0.25, 0.3) is 0 Å². The SMILES string of the molecule is CCOC(=O)c1ccc(NCC(=O)Nc2cc(C)cc(C)c2)cc1. The number of aryl methyl sites for hydroxylation is 2. The molecule has 0 saturated heterocycles. The van der Waals surface area contributed by atoms with Crippen molar-refractivity contribution in [1.29, 1.82) is 0 Å². The van der Waals surface area contributed by atoms with Crippen molar-refractivity contribution in [2.75, 3.05) is 23.8 Å². The van der Waals surface area contributed by atoms with E-state index in [9.17, 15) is 9.59 Å². The molecule has 0 heterocycles. The van der Waals surface area contributed by atoms with Crippen molar-refractivity contribution in [2.24, 2.45) is 0 Å². The van der Waals surface area contributed by atoms with Crippen LogP contribution >= 0.6 is 0 Å². The van der Waals surface area contributed by atoms with Crippen LogP contribution in [0.4, 0.5) is 11.4 Å². The highest BCUT2D eigenvalue weighted by atomic mass is 16.5. The molecular formula is C19H22N2O3. The van der Waals surface area contributed by atoms with Crippen LogP contribution in [0, 0.1) is 13.8 Å². The summed E-state index contributed by atoms with van der Waals surface area (Å²) in [4.78, 5) is 23.6. The number of hydrogen-bond donors (Lipinski definition) is 2. The Balaban J connectivity index is 1.88. The molecular weight excluding hydrogens is 304 g/mol. The number of carbonyl (C=O) groups excluding carboxylic acids is 2. The number of esters is 1. The van der Waals surface area contributed by atoms with Crippen molar-refractivity contribution in [3.05, 3.63) is 59.2 Å². The Labute approximate surface area is 142 Å². The van der Waals surface area contributed by atoms with Crippen molar-refractivity contribution in [3.8, 4) is 0 Å². The summed E-state index contributed by atoms with van der Waals surface area (Å²) in [5, 5.41) is 5.89. The van der Waals surface area contributed by atoms with Crippen molar-refractivity contribution in [3.63, 3.8) is 0 Å². The molecule has 0 aliphatic carbocycles. The zero-order valence-electron chi connectivity index (χ0n) is 14.2. The first-order valence-corrected chi connectivity index (χ1v) is 7.87. The number of rotatable bonds is 6. The number of anilines is 2. The van der Waals surface area contributed by atoms with Crippen LogP contribution in [-0.2, 0) is 9.53 Å². The number of amides is 1. The number of benzene rings is 2.